The molecule has 0 unspecified atom stereocenters. The summed E-state index contributed by atoms with van der Waals surface area (Å²) in [4.78, 5) is 13.3. The standard InChI is InChI=1S/C17H19N2O2S.CH2O.H2O4S/c1-4-20-15-11-17(16(21-5-2)10-14(15)19-18)22-13-8-6-12(3)7-9-13;1-2;1-5(2,3)4/h6-11H,4-5H2,1-3H3;1H2;(H2,1,2,3,4)/q+1;;/p-1. The van der Waals surface area contributed by atoms with Crippen LogP contribution in [-0.2, 0) is 15.2 Å². The highest BCUT2D eigenvalue weighted by Gasteiger charge is 2.21. The molecule has 1 N–H and O–H groups in total. The number of hydrogen-bond donors (Lipinski definition) is 1. The van der Waals surface area contributed by atoms with Gasteiger partial charge < -0.3 is 18.8 Å². The Morgan fingerprint density at radius 1 is 1.10 bits per heavy atom. The fourth-order valence-electron chi connectivity index (χ4n) is 1.96. The lowest BCUT2D eigenvalue weighted by molar-refractivity contribution is -0.0980. The average molecular weight is 443 g/mol. The molecule has 9 nitrogen and oxygen atoms in total. The van der Waals surface area contributed by atoms with Crippen LogP contribution in [0, 0.1) is 12.3 Å². The molecule has 0 spiro atoms. The fraction of sp³-hybridized carbons (Fsp3) is 0.278. The van der Waals surface area contributed by atoms with E-state index in [0.29, 0.717) is 30.4 Å². The minimum Gasteiger partial charge on any atom is -0.726 e. The molecule has 0 aliphatic carbocycles. The van der Waals surface area contributed by atoms with Crippen molar-refractivity contribution in [2.75, 3.05) is 13.2 Å². The smallest absolute Gasteiger partial charge is 0.430 e. The van der Waals surface area contributed by atoms with Crippen LogP contribution in [0.3, 0.4) is 0 Å². The van der Waals surface area contributed by atoms with Gasteiger partial charge in [0.15, 0.2) is 4.98 Å². The van der Waals surface area contributed by atoms with Gasteiger partial charge in [0.25, 0.3) is 0 Å². The van der Waals surface area contributed by atoms with E-state index in [1.54, 1.807) is 17.8 Å². The number of aryl methyl sites for hydroxylation is 1. The SMILES string of the molecule is C=O.CCOc1cc(Sc2ccc(C)cc2)c(OCC)cc1[N+]#N.O=S(=O)([O-])O. The maximum atomic E-state index is 9.13. The van der Waals surface area contributed by atoms with E-state index in [2.05, 4.69) is 36.2 Å². The van der Waals surface area contributed by atoms with E-state index in [1.165, 1.54) is 5.56 Å². The number of carbonyl (C=O) groups is 1. The number of carbonyl (C=O) groups excluding carboxylic acids is 1. The zero-order valence-electron chi connectivity index (χ0n) is 16.2. The van der Waals surface area contributed by atoms with Crippen molar-refractivity contribution in [3.63, 3.8) is 0 Å². The van der Waals surface area contributed by atoms with Crippen LogP contribution in [0.25, 0.3) is 4.98 Å². The monoisotopic (exact) mass is 442 g/mol. The third kappa shape index (κ3) is 11.1. The van der Waals surface area contributed by atoms with Crippen molar-refractivity contribution in [3.05, 3.63) is 46.9 Å². The first-order chi connectivity index (χ1) is 13.7. The van der Waals surface area contributed by atoms with Gasteiger partial charge in [-0.25, -0.2) is 8.42 Å². The van der Waals surface area contributed by atoms with Crippen LogP contribution >= 0.6 is 11.8 Å². The zero-order chi connectivity index (χ0) is 22.4. The van der Waals surface area contributed by atoms with Crippen molar-refractivity contribution < 1.29 is 31.8 Å². The molecule has 0 heterocycles. The molecule has 29 heavy (non-hydrogen) atoms. The Kier molecular flexibility index (Phi) is 12.3. The molecular weight excluding hydrogens is 420 g/mol. The molecule has 0 amide bonds. The first-order valence-corrected chi connectivity index (χ1v) is 10.4. The summed E-state index contributed by atoms with van der Waals surface area (Å²) in [6.45, 7) is 8.92. The van der Waals surface area contributed by atoms with Crippen LogP contribution in [0.5, 0.6) is 11.5 Å². The normalized spacial score (nSPS) is 9.79. The Morgan fingerprint density at radius 3 is 2.03 bits per heavy atom. The van der Waals surface area contributed by atoms with Crippen LogP contribution < -0.4 is 9.47 Å². The number of rotatable bonds is 6. The van der Waals surface area contributed by atoms with Gasteiger partial charge in [0.2, 0.25) is 21.5 Å². The van der Waals surface area contributed by atoms with E-state index in [9.17, 15) is 0 Å². The van der Waals surface area contributed by atoms with Gasteiger partial charge in [0.1, 0.15) is 12.5 Å². The van der Waals surface area contributed by atoms with Gasteiger partial charge in [-0.05, 0) is 32.9 Å². The van der Waals surface area contributed by atoms with Gasteiger partial charge in [-0.3, -0.25) is 4.55 Å². The third-order valence-electron chi connectivity index (χ3n) is 2.98. The summed E-state index contributed by atoms with van der Waals surface area (Å²) in [6, 6.07) is 11.8. The maximum absolute atomic E-state index is 9.13. The second-order valence-electron chi connectivity index (χ2n) is 5.08. The Labute approximate surface area is 174 Å². The second kappa shape index (κ2) is 13.5. The molecule has 0 aromatic heterocycles. The summed E-state index contributed by atoms with van der Waals surface area (Å²) in [5, 5.41) is 9.13. The molecule has 2 aromatic carbocycles. The number of nitrogens with zero attached hydrogens (tertiary/aromatic N) is 2. The van der Waals surface area contributed by atoms with Crippen LogP contribution in [0.1, 0.15) is 19.4 Å². The third-order valence-corrected chi connectivity index (χ3v) is 4.03. The van der Waals surface area contributed by atoms with Crippen LogP contribution in [0.15, 0.2) is 46.2 Å². The molecule has 0 fully saturated rings. The molecule has 0 saturated carbocycles. The van der Waals surface area contributed by atoms with Crippen LogP contribution in [0.2, 0.25) is 0 Å². The number of benzene rings is 2. The minimum atomic E-state index is -4.92. The minimum absolute atomic E-state index is 0.374. The quantitative estimate of drug-likeness (QED) is 0.395. The second-order valence-corrected chi connectivity index (χ2v) is 7.05. The highest BCUT2D eigenvalue weighted by Crippen LogP contribution is 2.42. The molecule has 2 aromatic rings. The van der Waals surface area contributed by atoms with Gasteiger partial charge in [-0.15, -0.1) is 0 Å². The number of hydrogen-bond acceptors (Lipinski definition) is 8. The first-order valence-electron chi connectivity index (χ1n) is 8.18. The predicted molar refractivity (Wildman–Crippen MR) is 108 cm³/mol. The molecule has 2 rings (SSSR count). The number of diazo groups is 1. The van der Waals surface area contributed by atoms with Crippen molar-refractivity contribution >= 4 is 34.6 Å². The van der Waals surface area contributed by atoms with Gasteiger partial charge in [0, 0.05) is 11.0 Å². The number of ether oxygens (including phenoxy) is 2. The van der Waals surface area contributed by atoms with E-state index in [4.69, 9.17) is 37.2 Å². The molecule has 0 bridgehead atoms. The average Bonchev–Trinajstić information content (AvgIpc) is 2.66. The topological polar surface area (TPSA) is 141 Å². The lowest BCUT2D eigenvalue weighted by Crippen LogP contribution is -1.96. The van der Waals surface area contributed by atoms with Gasteiger partial charge in [0.05, 0.1) is 24.2 Å². The molecule has 0 radical (unpaired) electrons. The molecular formula is C18H22N2O7S2. The highest BCUT2D eigenvalue weighted by molar-refractivity contribution is 7.99. The molecule has 0 saturated heterocycles. The Balaban J connectivity index is 0.000000977. The van der Waals surface area contributed by atoms with Crippen molar-refractivity contribution in [3.8, 4) is 11.5 Å². The predicted octanol–water partition coefficient (Wildman–Crippen LogP) is 4.25. The summed E-state index contributed by atoms with van der Waals surface area (Å²) in [7, 11) is -4.92. The lowest BCUT2D eigenvalue weighted by Gasteiger charge is -2.11. The fourth-order valence-corrected chi connectivity index (χ4v) is 2.87. The Morgan fingerprint density at radius 2 is 1.59 bits per heavy atom. The molecule has 0 aliphatic rings. The van der Waals surface area contributed by atoms with Crippen molar-refractivity contribution in [1.29, 1.82) is 5.39 Å². The van der Waals surface area contributed by atoms with Gasteiger partial charge in [-0.2, -0.15) is 0 Å². The summed E-state index contributed by atoms with van der Waals surface area (Å²) in [6.07, 6.45) is 0. The summed E-state index contributed by atoms with van der Waals surface area (Å²) in [5.74, 6) is 1.23. The van der Waals surface area contributed by atoms with Crippen molar-refractivity contribution in [2.45, 2.75) is 30.6 Å². The van der Waals surface area contributed by atoms with Gasteiger partial charge in [-0.1, -0.05) is 29.5 Å². The van der Waals surface area contributed by atoms with Crippen LogP contribution in [-0.4, -0.2) is 37.5 Å². The summed E-state index contributed by atoms with van der Waals surface area (Å²) >= 11 is 1.59. The summed E-state index contributed by atoms with van der Waals surface area (Å²) in [5.41, 5.74) is 1.59. The zero-order valence-corrected chi connectivity index (χ0v) is 17.8. The largest absolute Gasteiger partial charge is 0.726 e. The van der Waals surface area contributed by atoms with Gasteiger partial charge >= 0.3 is 5.69 Å². The Bertz CT molecular complexity index is 903. The van der Waals surface area contributed by atoms with Crippen molar-refractivity contribution in [2.24, 2.45) is 0 Å². The highest BCUT2D eigenvalue weighted by atomic mass is 32.3. The molecule has 158 valence electrons. The lowest BCUT2D eigenvalue weighted by atomic mass is 10.2. The summed E-state index contributed by atoms with van der Waals surface area (Å²) < 4.78 is 44.0. The van der Waals surface area contributed by atoms with E-state index < -0.39 is 10.4 Å². The van der Waals surface area contributed by atoms with E-state index in [-0.39, 0.29) is 0 Å². The van der Waals surface area contributed by atoms with Crippen molar-refractivity contribution in [1.82, 2.24) is 0 Å². The molecule has 0 aliphatic heterocycles. The Hall–Kier alpha value is -2.65. The maximum Gasteiger partial charge on any atom is 0.430 e. The molecule has 0 atom stereocenters. The van der Waals surface area contributed by atoms with E-state index in [0.717, 1.165) is 9.79 Å². The van der Waals surface area contributed by atoms with Crippen LogP contribution in [0.4, 0.5) is 5.69 Å². The first kappa shape index (κ1) is 26.4. The van der Waals surface area contributed by atoms with E-state index >= 15 is 0 Å². The van der Waals surface area contributed by atoms with E-state index in [1.807, 2.05) is 26.7 Å². The molecule has 11 heteroatoms.